The molecule has 0 radical (unpaired) electrons. The van der Waals surface area contributed by atoms with Gasteiger partial charge in [-0.3, -0.25) is 9.59 Å². The van der Waals surface area contributed by atoms with E-state index in [1.807, 2.05) is 13.8 Å². The summed E-state index contributed by atoms with van der Waals surface area (Å²) in [6.07, 6.45) is 1.42. The van der Waals surface area contributed by atoms with Gasteiger partial charge in [0.2, 0.25) is 0 Å². The maximum Gasteiger partial charge on any atom is 0.272 e. The van der Waals surface area contributed by atoms with E-state index in [1.54, 1.807) is 26.4 Å². The fourth-order valence-electron chi connectivity index (χ4n) is 3.43. The maximum absolute atomic E-state index is 13.4. The third kappa shape index (κ3) is 3.67. The maximum atomic E-state index is 13.4. The zero-order valence-electron chi connectivity index (χ0n) is 16.2. The Hall–Kier alpha value is -3.36. The molecule has 0 aliphatic carbocycles. The zero-order valence-corrected chi connectivity index (χ0v) is 16.2. The van der Waals surface area contributed by atoms with Gasteiger partial charge in [0.25, 0.3) is 17.6 Å². The van der Waals surface area contributed by atoms with Gasteiger partial charge in [-0.25, -0.2) is 13.9 Å². The number of fused-ring (bicyclic) bond motifs is 1. The van der Waals surface area contributed by atoms with Gasteiger partial charge >= 0.3 is 0 Å². The molecule has 1 fully saturated rings. The molecule has 4 rings (SSSR count). The van der Waals surface area contributed by atoms with E-state index in [0.29, 0.717) is 43.2 Å². The molecule has 1 saturated heterocycles. The smallest absolute Gasteiger partial charge is 0.272 e. The topological polar surface area (TPSA) is 83.7 Å². The highest BCUT2D eigenvalue weighted by Gasteiger charge is 2.27. The fraction of sp³-hybridized carbons (Fsp3) is 0.350. The number of hydrogen-bond acceptors (Lipinski definition) is 5. The molecule has 0 saturated carbocycles. The van der Waals surface area contributed by atoms with Crippen LogP contribution >= 0.6 is 0 Å². The van der Waals surface area contributed by atoms with Crippen LogP contribution in [0.5, 0.6) is 0 Å². The number of carbonyl (C=O) groups is 2. The number of nitrogens with zero attached hydrogens (tertiary/aromatic N) is 6. The SMILES string of the molecule is CC(C)c1cc(C(=O)N2CCN(C(=O)c3cccc(F)c3)CC2)nc2ncnn12. The summed E-state index contributed by atoms with van der Waals surface area (Å²) >= 11 is 0. The number of amides is 2. The van der Waals surface area contributed by atoms with Crippen molar-refractivity contribution in [2.24, 2.45) is 0 Å². The molecule has 1 aliphatic rings. The summed E-state index contributed by atoms with van der Waals surface area (Å²) in [6, 6.07) is 7.39. The van der Waals surface area contributed by atoms with E-state index >= 15 is 0 Å². The number of hydrogen-bond donors (Lipinski definition) is 0. The molecule has 0 N–H and O–H groups in total. The minimum Gasteiger partial charge on any atom is -0.335 e. The largest absolute Gasteiger partial charge is 0.335 e. The molecule has 2 amide bonds. The van der Waals surface area contributed by atoms with Crippen LogP contribution in [0, 0.1) is 5.82 Å². The minimum absolute atomic E-state index is 0.148. The van der Waals surface area contributed by atoms with E-state index in [0.717, 1.165) is 5.69 Å². The van der Waals surface area contributed by atoms with Crippen LogP contribution in [0.3, 0.4) is 0 Å². The standard InChI is InChI=1S/C20H21FN6O2/c1-13(2)17-11-16(24-20-22-12-23-27(17)20)19(29)26-8-6-25(7-9-26)18(28)14-4-3-5-15(21)10-14/h3-5,10-13H,6-9H2,1-2H3. The Labute approximate surface area is 167 Å². The van der Waals surface area contributed by atoms with Crippen LogP contribution in [0.4, 0.5) is 4.39 Å². The first-order valence-corrected chi connectivity index (χ1v) is 9.49. The molecule has 0 bridgehead atoms. The average molecular weight is 396 g/mol. The van der Waals surface area contributed by atoms with Crippen molar-refractivity contribution in [2.75, 3.05) is 26.2 Å². The Balaban J connectivity index is 1.48. The lowest BCUT2D eigenvalue weighted by Gasteiger charge is -2.34. The van der Waals surface area contributed by atoms with Crippen molar-refractivity contribution < 1.29 is 14.0 Å². The molecule has 1 aliphatic heterocycles. The Morgan fingerprint density at radius 2 is 1.72 bits per heavy atom. The van der Waals surface area contributed by atoms with E-state index in [1.165, 1.54) is 24.5 Å². The van der Waals surface area contributed by atoms with Gasteiger partial charge in [-0.1, -0.05) is 19.9 Å². The summed E-state index contributed by atoms with van der Waals surface area (Å²) in [6.45, 7) is 5.56. The second kappa shape index (κ2) is 7.57. The van der Waals surface area contributed by atoms with E-state index < -0.39 is 5.82 Å². The zero-order chi connectivity index (χ0) is 20.5. The van der Waals surface area contributed by atoms with Crippen LogP contribution in [0.1, 0.15) is 46.3 Å². The summed E-state index contributed by atoms with van der Waals surface area (Å²) in [7, 11) is 0. The summed E-state index contributed by atoms with van der Waals surface area (Å²) in [5, 5.41) is 4.16. The number of piperazine rings is 1. The van der Waals surface area contributed by atoms with E-state index in [9.17, 15) is 14.0 Å². The number of benzene rings is 1. The molecular formula is C20H21FN6O2. The third-order valence-electron chi connectivity index (χ3n) is 5.02. The van der Waals surface area contributed by atoms with E-state index in [4.69, 9.17) is 0 Å². The van der Waals surface area contributed by atoms with Gasteiger partial charge in [0.1, 0.15) is 17.8 Å². The lowest BCUT2D eigenvalue weighted by molar-refractivity contribution is 0.0532. The number of aromatic nitrogens is 4. The summed E-state index contributed by atoms with van der Waals surface area (Å²) in [5.41, 5.74) is 1.49. The molecular weight excluding hydrogens is 375 g/mol. The number of carbonyl (C=O) groups excluding carboxylic acids is 2. The summed E-state index contributed by atoms with van der Waals surface area (Å²) in [5.74, 6) is -0.341. The first kappa shape index (κ1) is 19.0. The Morgan fingerprint density at radius 3 is 2.38 bits per heavy atom. The molecule has 8 nitrogen and oxygen atoms in total. The Bertz CT molecular complexity index is 1070. The second-order valence-corrected chi connectivity index (χ2v) is 7.29. The van der Waals surface area contributed by atoms with Gasteiger partial charge in [-0.2, -0.15) is 10.1 Å². The second-order valence-electron chi connectivity index (χ2n) is 7.29. The van der Waals surface area contributed by atoms with Crippen molar-refractivity contribution in [3.63, 3.8) is 0 Å². The van der Waals surface area contributed by atoms with Crippen molar-refractivity contribution in [1.29, 1.82) is 0 Å². The van der Waals surface area contributed by atoms with Crippen LogP contribution in [0.25, 0.3) is 5.78 Å². The van der Waals surface area contributed by atoms with Crippen LogP contribution in [0.2, 0.25) is 0 Å². The molecule has 29 heavy (non-hydrogen) atoms. The predicted molar refractivity (Wildman–Crippen MR) is 103 cm³/mol. The molecule has 9 heteroatoms. The van der Waals surface area contributed by atoms with Gasteiger partial charge in [-0.05, 0) is 30.2 Å². The Kier molecular flexibility index (Phi) is 4.96. The Morgan fingerprint density at radius 1 is 1.03 bits per heavy atom. The number of rotatable bonds is 3. The van der Waals surface area contributed by atoms with Crippen molar-refractivity contribution in [2.45, 2.75) is 19.8 Å². The van der Waals surface area contributed by atoms with Crippen molar-refractivity contribution >= 4 is 17.6 Å². The van der Waals surface area contributed by atoms with Gasteiger partial charge in [0, 0.05) is 31.7 Å². The summed E-state index contributed by atoms with van der Waals surface area (Å²) in [4.78, 5) is 37.3. The normalized spacial score (nSPS) is 14.6. The molecule has 0 spiro atoms. The molecule has 3 heterocycles. The van der Waals surface area contributed by atoms with Crippen molar-refractivity contribution in [3.05, 3.63) is 59.4 Å². The van der Waals surface area contributed by atoms with Gasteiger partial charge in [-0.15, -0.1) is 0 Å². The molecule has 0 atom stereocenters. The third-order valence-corrected chi connectivity index (χ3v) is 5.02. The highest BCUT2D eigenvalue weighted by atomic mass is 19.1. The van der Waals surface area contributed by atoms with E-state index in [2.05, 4.69) is 15.1 Å². The van der Waals surface area contributed by atoms with E-state index in [-0.39, 0.29) is 17.7 Å². The monoisotopic (exact) mass is 396 g/mol. The number of halogens is 1. The summed E-state index contributed by atoms with van der Waals surface area (Å²) < 4.78 is 15.0. The highest BCUT2D eigenvalue weighted by Crippen LogP contribution is 2.18. The highest BCUT2D eigenvalue weighted by molar-refractivity contribution is 5.95. The van der Waals surface area contributed by atoms with Crippen LogP contribution in [-0.2, 0) is 0 Å². The first-order chi connectivity index (χ1) is 13.9. The quantitative estimate of drug-likeness (QED) is 0.676. The van der Waals surface area contributed by atoms with Crippen molar-refractivity contribution in [1.82, 2.24) is 29.4 Å². The van der Waals surface area contributed by atoms with Crippen LogP contribution in [-0.4, -0.2) is 67.4 Å². The molecule has 150 valence electrons. The lowest BCUT2D eigenvalue weighted by atomic mass is 10.1. The van der Waals surface area contributed by atoms with Crippen LogP contribution in [0.15, 0.2) is 36.7 Å². The predicted octanol–water partition coefficient (Wildman–Crippen LogP) is 1.98. The van der Waals surface area contributed by atoms with Crippen LogP contribution < -0.4 is 0 Å². The average Bonchev–Trinajstić information content (AvgIpc) is 3.20. The van der Waals surface area contributed by atoms with Gasteiger partial charge < -0.3 is 9.80 Å². The van der Waals surface area contributed by atoms with Crippen molar-refractivity contribution in [3.8, 4) is 0 Å². The molecule has 3 aromatic rings. The lowest BCUT2D eigenvalue weighted by Crippen LogP contribution is -2.50. The first-order valence-electron chi connectivity index (χ1n) is 9.49. The van der Waals surface area contributed by atoms with Gasteiger partial charge in [0.05, 0.1) is 5.69 Å². The molecule has 2 aromatic heterocycles. The minimum atomic E-state index is -0.444. The van der Waals surface area contributed by atoms with Gasteiger partial charge in [0.15, 0.2) is 0 Å². The molecule has 1 aromatic carbocycles. The molecule has 0 unspecified atom stereocenters. The fourth-order valence-corrected chi connectivity index (χ4v) is 3.43.